The van der Waals surface area contributed by atoms with Gasteiger partial charge in [-0.25, -0.2) is 0 Å². The molecule has 9 heteroatoms. The van der Waals surface area contributed by atoms with Gasteiger partial charge in [0.15, 0.2) is 5.25 Å². The molecule has 0 radical (unpaired) electrons. The monoisotopic (exact) mass is 455 g/mol. The third kappa shape index (κ3) is 4.38. The van der Waals surface area contributed by atoms with E-state index in [1.807, 2.05) is 18.2 Å². The fourth-order valence-corrected chi connectivity index (χ4v) is 5.07. The van der Waals surface area contributed by atoms with Gasteiger partial charge in [-0.3, -0.25) is 14.4 Å². The summed E-state index contributed by atoms with van der Waals surface area (Å²) < 4.78 is 10.5. The number of rotatable bonds is 6. The number of nitrogens with zero attached hydrogens (tertiary/aromatic N) is 2. The third-order valence-corrected chi connectivity index (χ3v) is 6.75. The Hall–Kier alpha value is -3.20. The zero-order valence-corrected chi connectivity index (χ0v) is 18.8. The molecule has 32 heavy (non-hydrogen) atoms. The number of fused-ring (bicyclic) bond motifs is 1. The molecule has 4 rings (SSSR count). The molecule has 0 aliphatic carbocycles. The average molecular weight is 456 g/mol. The molecule has 1 fully saturated rings. The molecule has 1 N–H and O–H groups in total. The van der Waals surface area contributed by atoms with Crippen molar-refractivity contribution in [3.05, 3.63) is 42.5 Å². The van der Waals surface area contributed by atoms with Crippen LogP contribution in [0.25, 0.3) is 0 Å². The maximum Gasteiger partial charge on any atom is 0.250 e. The Balaban J connectivity index is 1.57. The lowest BCUT2D eigenvalue weighted by Crippen LogP contribution is -2.51. The van der Waals surface area contributed by atoms with E-state index in [4.69, 9.17) is 9.47 Å². The summed E-state index contributed by atoms with van der Waals surface area (Å²) in [6, 6.07) is 12.4. The van der Waals surface area contributed by atoms with E-state index in [1.165, 1.54) is 30.9 Å². The van der Waals surface area contributed by atoms with Crippen LogP contribution in [0.5, 0.6) is 11.5 Å². The zero-order chi connectivity index (χ0) is 22.7. The van der Waals surface area contributed by atoms with Crippen molar-refractivity contribution in [3.8, 4) is 11.5 Å². The highest BCUT2D eigenvalue weighted by molar-refractivity contribution is 8.01. The van der Waals surface area contributed by atoms with Crippen LogP contribution in [-0.2, 0) is 14.4 Å². The van der Waals surface area contributed by atoms with Gasteiger partial charge >= 0.3 is 0 Å². The highest BCUT2D eigenvalue weighted by atomic mass is 32.2. The van der Waals surface area contributed by atoms with E-state index in [2.05, 4.69) is 5.32 Å². The number of benzene rings is 2. The third-order valence-electron chi connectivity index (χ3n) is 5.52. The first-order valence-electron chi connectivity index (χ1n) is 10.4. The lowest BCUT2D eigenvalue weighted by molar-refractivity contribution is -0.134. The number of carbonyl (C=O) groups excluding carboxylic acids is 3. The van der Waals surface area contributed by atoms with Crippen molar-refractivity contribution in [2.45, 2.75) is 23.0 Å². The number of hydrogen-bond acceptors (Lipinski definition) is 6. The van der Waals surface area contributed by atoms with Gasteiger partial charge in [0.2, 0.25) is 11.8 Å². The fraction of sp³-hybridized carbons (Fsp3) is 0.348. The molecule has 2 aliphatic heterocycles. The largest absolute Gasteiger partial charge is 0.497 e. The van der Waals surface area contributed by atoms with Gasteiger partial charge in [0, 0.05) is 24.1 Å². The number of anilines is 2. The van der Waals surface area contributed by atoms with E-state index in [-0.39, 0.29) is 18.4 Å². The molecule has 2 aromatic rings. The topological polar surface area (TPSA) is 88.2 Å². The van der Waals surface area contributed by atoms with Crippen LogP contribution in [0, 0.1) is 0 Å². The van der Waals surface area contributed by atoms with Crippen molar-refractivity contribution < 1.29 is 23.9 Å². The van der Waals surface area contributed by atoms with Gasteiger partial charge in [0.05, 0.1) is 25.6 Å². The molecule has 0 saturated carbocycles. The number of carbonyl (C=O) groups is 3. The molecule has 1 unspecified atom stereocenters. The van der Waals surface area contributed by atoms with E-state index in [1.54, 1.807) is 29.2 Å². The minimum absolute atomic E-state index is 0.188. The normalized spacial score (nSPS) is 17.7. The summed E-state index contributed by atoms with van der Waals surface area (Å²) in [7, 11) is 3.04. The van der Waals surface area contributed by atoms with Crippen LogP contribution in [0.4, 0.5) is 11.4 Å². The number of hydrogen-bond donors (Lipinski definition) is 1. The van der Waals surface area contributed by atoms with Gasteiger partial charge in [-0.05, 0) is 37.1 Å². The molecule has 3 amide bonds. The average Bonchev–Trinajstić information content (AvgIpc) is 3.35. The lowest BCUT2D eigenvalue weighted by atomic mass is 10.2. The zero-order valence-electron chi connectivity index (χ0n) is 18.0. The molecule has 8 nitrogen and oxygen atoms in total. The van der Waals surface area contributed by atoms with E-state index < -0.39 is 11.2 Å². The minimum Gasteiger partial charge on any atom is -0.497 e. The smallest absolute Gasteiger partial charge is 0.250 e. The van der Waals surface area contributed by atoms with E-state index >= 15 is 0 Å². The Labute approximate surface area is 190 Å². The van der Waals surface area contributed by atoms with Gasteiger partial charge in [-0.15, -0.1) is 11.8 Å². The molecule has 0 spiro atoms. The predicted octanol–water partition coefficient (Wildman–Crippen LogP) is 2.77. The quantitative estimate of drug-likeness (QED) is 0.674. The maximum atomic E-state index is 13.3. The molecule has 1 atom stereocenters. The van der Waals surface area contributed by atoms with Crippen molar-refractivity contribution in [1.82, 2.24) is 4.90 Å². The van der Waals surface area contributed by atoms with Crippen molar-refractivity contribution in [2.24, 2.45) is 0 Å². The Bertz CT molecular complexity index is 1040. The van der Waals surface area contributed by atoms with E-state index in [9.17, 15) is 14.4 Å². The van der Waals surface area contributed by atoms with Crippen LogP contribution in [0.3, 0.4) is 0 Å². The molecule has 0 aromatic heterocycles. The highest BCUT2D eigenvalue weighted by Crippen LogP contribution is 2.40. The van der Waals surface area contributed by atoms with Gasteiger partial charge in [0.25, 0.3) is 5.91 Å². The second kappa shape index (κ2) is 9.52. The summed E-state index contributed by atoms with van der Waals surface area (Å²) in [5.74, 6) is 0.0690. The first-order chi connectivity index (χ1) is 15.5. The number of ether oxygens (including phenoxy) is 2. The summed E-state index contributed by atoms with van der Waals surface area (Å²) in [5, 5.41) is 1.91. The van der Waals surface area contributed by atoms with E-state index in [0.717, 1.165) is 17.7 Å². The summed E-state index contributed by atoms with van der Waals surface area (Å²) >= 11 is 1.26. The lowest BCUT2D eigenvalue weighted by Gasteiger charge is -2.34. The van der Waals surface area contributed by atoms with Gasteiger partial charge in [0.1, 0.15) is 18.0 Å². The SMILES string of the molecule is COc1ccc(OC)c(NC(=O)CN2C(=O)C(C(=O)N3CCCC3)Sc3ccccc32)c1. The van der Waals surface area contributed by atoms with Crippen LogP contribution in [0.1, 0.15) is 12.8 Å². The van der Waals surface area contributed by atoms with Crippen molar-refractivity contribution in [1.29, 1.82) is 0 Å². The van der Waals surface area contributed by atoms with Crippen molar-refractivity contribution >= 4 is 40.9 Å². The standard InChI is InChI=1S/C23H25N3O5S/c1-30-15-9-10-18(31-2)16(13-15)24-20(27)14-26-17-7-3-4-8-19(17)32-21(23(26)29)22(28)25-11-5-6-12-25/h3-4,7-10,13,21H,5-6,11-12,14H2,1-2H3,(H,24,27). The number of likely N-dealkylation sites (tertiary alicyclic amines) is 1. The molecular weight excluding hydrogens is 430 g/mol. The maximum absolute atomic E-state index is 13.3. The fourth-order valence-electron chi connectivity index (χ4n) is 3.88. The van der Waals surface area contributed by atoms with Gasteiger partial charge < -0.3 is 24.6 Å². The number of amides is 3. The molecule has 1 saturated heterocycles. The molecule has 2 aliphatic rings. The van der Waals surface area contributed by atoms with Gasteiger partial charge in [-0.2, -0.15) is 0 Å². The Kier molecular flexibility index (Phi) is 6.55. The van der Waals surface area contributed by atoms with Gasteiger partial charge in [-0.1, -0.05) is 12.1 Å². The van der Waals surface area contributed by atoms with Crippen molar-refractivity contribution in [2.75, 3.05) is 44.1 Å². The minimum atomic E-state index is -0.887. The van der Waals surface area contributed by atoms with Crippen LogP contribution in [0.15, 0.2) is 47.4 Å². The molecular formula is C23H25N3O5S. The summed E-state index contributed by atoms with van der Waals surface area (Å²) in [5.41, 5.74) is 1.06. The Morgan fingerprint density at radius 2 is 1.84 bits per heavy atom. The van der Waals surface area contributed by atoms with Crippen LogP contribution >= 0.6 is 11.8 Å². The van der Waals surface area contributed by atoms with Crippen molar-refractivity contribution in [3.63, 3.8) is 0 Å². The number of thioether (sulfide) groups is 1. The van der Waals surface area contributed by atoms with Crippen LogP contribution in [-0.4, -0.2) is 61.7 Å². The first-order valence-corrected chi connectivity index (χ1v) is 11.3. The first kappa shape index (κ1) is 22.0. The number of nitrogens with one attached hydrogen (secondary N) is 1. The molecule has 2 heterocycles. The summed E-state index contributed by atoms with van der Waals surface area (Å²) in [6.07, 6.45) is 1.89. The predicted molar refractivity (Wildman–Crippen MR) is 122 cm³/mol. The number of para-hydroxylation sites is 1. The second-order valence-corrected chi connectivity index (χ2v) is 8.68. The Morgan fingerprint density at radius 1 is 1.09 bits per heavy atom. The highest BCUT2D eigenvalue weighted by Gasteiger charge is 2.41. The number of methoxy groups -OCH3 is 2. The molecule has 2 aromatic carbocycles. The van der Waals surface area contributed by atoms with Crippen LogP contribution in [0.2, 0.25) is 0 Å². The summed E-state index contributed by atoms with van der Waals surface area (Å²) in [6.45, 7) is 1.11. The van der Waals surface area contributed by atoms with E-state index in [0.29, 0.717) is 36.0 Å². The Morgan fingerprint density at radius 3 is 2.56 bits per heavy atom. The second-order valence-electron chi connectivity index (χ2n) is 7.54. The molecule has 0 bridgehead atoms. The summed E-state index contributed by atoms with van der Waals surface area (Å²) in [4.78, 5) is 43.2. The van der Waals surface area contributed by atoms with Crippen LogP contribution < -0.4 is 19.7 Å². The molecule has 168 valence electrons.